The van der Waals surface area contributed by atoms with Gasteiger partial charge in [-0.1, -0.05) is 36.3 Å². The van der Waals surface area contributed by atoms with Crippen LogP contribution in [0.3, 0.4) is 0 Å². The molecule has 2 nitrogen and oxygen atoms in total. The first-order chi connectivity index (χ1) is 9.79. The van der Waals surface area contributed by atoms with E-state index in [-0.39, 0.29) is 5.78 Å². The Labute approximate surface area is 118 Å². The SMILES string of the molecule is COc1ccc(C(=O)C#C/C=C/c2ccccc2)cc1. The first-order valence-corrected chi connectivity index (χ1v) is 6.21. The van der Waals surface area contributed by atoms with E-state index in [0.29, 0.717) is 5.56 Å². The highest BCUT2D eigenvalue weighted by Gasteiger charge is 2.01. The topological polar surface area (TPSA) is 26.3 Å². The summed E-state index contributed by atoms with van der Waals surface area (Å²) in [5.74, 6) is 5.86. The highest BCUT2D eigenvalue weighted by atomic mass is 16.5. The number of ketones is 1. The molecule has 0 bridgehead atoms. The van der Waals surface area contributed by atoms with E-state index in [9.17, 15) is 4.79 Å². The monoisotopic (exact) mass is 262 g/mol. The molecule has 20 heavy (non-hydrogen) atoms. The minimum Gasteiger partial charge on any atom is -0.497 e. The molecule has 0 saturated heterocycles. The fraction of sp³-hybridized carbons (Fsp3) is 0.0556. The third-order valence-corrected chi connectivity index (χ3v) is 2.70. The summed E-state index contributed by atoms with van der Waals surface area (Å²) in [7, 11) is 1.59. The summed E-state index contributed by atoms with van der Waals surface area (Å²) >= 11 is 0. The van der Waals surface area contributed by atoms with Crippen LogP contribution in [-0.4, -0.2) is 12.9 Å². The van der Waals surface area contributed by atoms with Crippen molar-refractivity contribution in [1.82, 2.24) is 0 Å². The number of carbonyl (C=O) groups is 1. The van der Waals surface area contributed by atoms with E-state index >= 15 is 0 Å². The number of Topliss-reactive ketones (excluding diaryl/α,β-unsaturated/α-hetero) is 1. The van der Waals surface area contributed by atoms with Crippen molar-refractivity contribution < 1.29 is 9.53 Å². The molecular formula is C18H14O2. The number of carbonyl (C=O) groups excluding carboxylic acids is 1. The molecule has 0 saturated carbocycles. The maximum absolute atomic E-state index is 11.8. The van der Waals surface area contributed by atoms with Crippen molar-refractivity contribution in [2.45, 2.75) is 0 Å². The van der Waals surface area contributed by atoms with Gasteiger partial charge in [0.1, 0.15) is 5.75 Å². The van der Waals surface area contributed by atoms with Crippen molar-refractivity contribution in [2.24, 2.45) is 0 Å². The van der Waals surface area contributed by atoms with Crippen LogP contribution in [0, 0.1) is 11.8 Å². The molecule has 0 aliphatic heterocycles. The van der Waals surface area contributed by atoms with E-state index in [1.54, 1.807) is 37.5 Å². The minimum absolute atomic E-state index is 0.203. The summed E-state index contributed by atoms with van der Waals surface area (Å²) in [5, 5.41) is 0. The smallest absolute Gasteiger partial charge is 0.236 e. The molecule has 0 atom stereocenters. The van der Waals surface area contributed by atoms with Crippen molar-refractivity contribution in [1.29, 1.82) is 0 Å². The lowest BCUT2D eigenvalue weighted by Gasteiger charge is -1.98. The molecule has 0 heterocycles. The predicted molar refractivity (Wildman–Crippen MR) is 80.6 cm³/mol. The van der Waals surface area contributed by atoms with Gasteiger partial charge in [0.05, 0.1) is 7.11 Å². The number of rotatable bonds is 3. The van der Waals surface area contributed by atoms with Gasteiger partial charge in [-0.25, -0.2) is 0 Å². The van der Waals surface area contributed by atoms with Gasteiger partial charge in [-0.05, 0) is 47.9 Å². The van der Waals surface area contributed by atoms with Gasteiger partial charge < -0.3 is 4.74 Å². The lowest BCUT2D eigenvalue weighted by atomic mass is 10.1. The summed E-state index contributed by atoms with van der Waals surface area (Å²) in [6, 6.07) is 16.7. The van der Waals surface area contributed by atoms with Gasteiger partial charge in [0.25, 0.3) is 0 Å². The molecule has 0 N–H and O–H groups in total. The van der Waals surface area contributed by atoms with E-state index in [2.05, 4.69) is 11.8 Å². The number of ether oxygens (including phenoxy) is 1. The minimum atomic E-state index is -0.203. The van der Waals surface area contributed by atoms with Crippen LogP contribution in [-0.2, 0) is 0 Å². The van der Waals surface area contributed by atoms with Gasteiger partial charge in [0.2, 0.25) is 5.78 Å². The summed E-state index contributed by atoms with van der Waals surface area (Å²) in [6.07, 6.45) is 3.55. The van der Waals surface area contributed by atoms with Crippen LogP contribution in [0.4, 0.5) is 0 Å². The summed E-state index contributed by atoms with van der Waals surface area (Å²) < 4.78 is 5.04. The lowest BCUT2D eigenvalue weighted by Crippen LogP contribution is -1.94. The Morgan fingerprint density at radius 3 is 2.40 bits per heavy atom. The zero-order chi connectivity index (χ0) is 14.2. The molecule has 98 valence electrons. The second kappa shape index (κ2) is 6.96. The first kappa shape index (κ1) is 13.6. The molecule has 0 fully saturated rings. The highest BCUT2D eigenvalue weighted by molar-refractivity contribution is 6.09. The second-order valence-electron chi connectivity index (χ2n) is 4.07. The Balaban J connectivity index is 2.01. The molecule has 0 spiro atoms. The molecule has 0 aliphatic rings. The maximum Gasteiger partial charge on any atom is 0.236 e. The van der Waals surface area contributed by atoms with Crippen molar-refractivity contribution in [3.8, 4) is 17.6 Å². The van der Waals surface area contributed by atoms with Gasteiger partial charge in [0, 0.05) is 5.56 Å². The standard InChI is InChI=1S/C18H14O2/c1-20-17-13-11-16(12-14-17)18(19)10-6-5-9-15-7-3-2-4-8-15/h2-5,7-9,11-14H,1H3/b9-5+. The van der Waals surface area contributed by atoms with Crippen LogP contribution in [0.25, 0.3) is 6.08 Å². The van der Waals surface area contributed by atoms with Crippen molar-refractivity contribution >= 4 is 11.9 Å². The summed E-state index contributed by atoms with van der Waals surface area (Å²) in [5.41, 5.74) is 1.62. The number of allylic oxidation sites excluding steroid dienone is 1. The Bertz CT molecular complexity index is 656. The van der Waals surface area contributed by atoms with Crippen molar-refractivity contribution in [3.05, 3.63) is 71.8 Å². The van der Waals surface area contributed by atoms with Crippen LogP contribution >= 0.6 is 0 Å². The summed E-state index contributed by atoms with van der Waals surface area (Å²) in [6.45, 7) is 0. The van der Waals surface area contributed by atoms with Crippen molar-refractivity contribution in [3.63, 3.8) is 0 Å². The Morgan fingerprint density at radius 1 is 1.05 bits per heavy atom. The average Bonchev–Trinajstić information content (AvgIpc) is 2.52. The molecule has 0 radical (unpaired) electrons. The van der Waals surface area contributed by atoms with Gasteiger partial charge in [0.15, 0.2) is 0 Å². The predicted octanol–water partition coefficient (Wildman–Crippen LogP) is 3.59. The molecule has 0 aromatic heterocycles. The quantitative estimate of drug-likeness (QED) is 0.480. The zero-order valence-corrected chi connectivity index (χ0v) is 11.2. The van der Waals surface area contributed by atoms with Crippen LogP contribution in [0.15, 0.2) is 60.7 Å². The van der Waals surface area contributed by atoms with E-state index < -0.39 is 0 Å². The van der Waals surface area contributed by atoms with Gasteiger partial charge in [-0.2, -0.15) is 0 Å². The van der Waals surface area contributed by atoms with E-state index in [4.69, 9.17) is 4.74 Å². The van der Waals surface area contributed by atoms with Crippen LogP contribution in [0.2, 0.25) is 0 Å². The van der Waals surface area contributed by atoms with E-state index in [1.807, 2.05) is 36.4 Å². The molecule has 0 unspecified atom stereocenters. The molecule has 0 aliphatic carbocycles. The number of methoxy groups -OCH3 is 1. The number of benzene rings is 2. The third-order valence-electron chi connectivity index (χ3n) is 2.70. The molecule has 2 aromatic rings. The Hall–Kier alpha value is -2.79. The van der Waals surface area contributed by atoms with Crippen LogP contribution in [0.1, 0.15) is 15.9 Å². The first-order valence-electron chi connectivity index (χ1n) is 6.21. The van der Waals surface area contributed by atoms with E-state index in [1.165, 1.54) is 0 Å². The van der Waals surface area contributed by atoms with Gasteiger partial charge >= 0.3 is 0 Å². The third kappa shape index (κ3) is 3.86. The molecule has 0 amide bonds. The molecule has 2 rings (SSSR count). The Kier molecular flexibility index (Phi) is 4.75. The van der Waals surface area contributed by atoms with Gasteiger partial charge in [-0.15, -0.1) is 0 Å². The maximum atomic E-state index is 11.8. The van der Waals surface area contributed by atoms with Crippen molar-refractivity contribution in [2.75, 3.05) is 7.11 Å². The largest absolute Gasteiger partial charge is 0.497 e. The second-order valence-corrected chi connectivity index (χ2v) is 4.07. The van der Waals surface area contributed by atoms with Gasteiger partial charge in [-0.3, -0.25) is 4.79 Å². The molecule has 2 heteroatoms. The number of hydrogen-bond donors (Lipinski definition) is 0. The lowest BCUT2D eigenvalue weighted by molar-refractivity contribution is 0.105. The van der Waals surface area contributed by atoms with E-state index in [0.717, 1.165) is 11.3 Å². The van der Waals surface area contributed by atoms with Crippen LogP contribution in [0.5, 0.6) is 5.75 Å². The normalized spacial score (nSPS) is 9.85. The summed E-state index contributed by atoms with van der Waals surface area (Å²) in [4.78, 5) is 11.8. The molecular weight excluding hydrogens is 248 g/mol. The van der Waals surface area contributed by atoms with Crippen LogP contribution < -0.4 is 4.74 Å². The Morgan fingerprint density at radius 2 is 1.75 bits per heavy atom. The fourth-order valence-electron chi connectivity index (χ4n) is 1.62. The average molecular weight is 262 g/mol. The molecule has 2 aromatic carbocycles. The zero-order valence-electron chi connectivity index (χ0n) is 11.2. The highest BCUT2D eigenvalue weighted by Crippen LogP contribution is 2.11. The fourth-order valence-corrected chi connectivity index (χ4v) is 1.62. The number of hydrogen-bond acceptors (Lipinski definition) is 2.